The van der Waals surface area contributed by atoms with Crippen molar-refractivity contribution in [3.8, 4) is 23.0 Å². The van der Waals surface area contributed by atoms with Crippen LogP contribution in [-0.4, -0.2) is 33.7 Å². The second kappa shape index (κ2) is 8.24. The minimum atomic E-state index is 0.320. The molecule has 0 saturated carbocycles. The summed E-state index contributed by atoms with van der Waals surface area (Å²) >= 11 is 0. The molecule has 0 bridgehead atoms. The molecule has 5 heteroatoms. The lowest BCUT2D eigenvalue weighted by atomic mass is 10.1. The lowest BCUT2D eigenvalue weighted by molar-refractivity contribution is 0.112. The number of aryl methyl sites for hydroxylation is 2. The molecule has 0 N–H and O–H groups in total. The van der Waals surface area contributed by atoms with E-state index in [1.807, 2.05) is 32.0 Å². The lowest BCUT2D eigenvalue weighted by Gasteiger charge is -2.16. The van der Waals surface area contributed by atoms with E-state index in [-0.39, 0.29) is 0 Å². The van der Waals surface area contributed by atoms with Gasteiger partial charge in [-0.15, -0.1) is 0 Å². The molecule has 0 radical (unpaired) electrons. The normalized spacial score (nSPS) is 10.2. The van der Waals surface area contributed by atoms with E-state index in [1.165, 1.54) is 14.2 Å². The fraction of sp³-hybridized carbons (Fsp3) is 0.316. The summed E-state index contributed by atoms with van der Waals surface area (Å²) in [5.41, 5.74) is 2.63. The smallest absolute Gasteiger partial charge is 0.203 e. The van der Waals surface area contributed by atoms with Crippen LogP contribution in [0, 0.1) is 13.8 Å². The van der Waals surface area contributed by atoms with Crippen LogP contribution in [0.4, 0.5) is 0 Å². The summed E-state index contributed by atoms with van der Waals surface area (Å²) in [6.45, 7) is 4.72. The molecular weight excluding hydrogens is 308 g/mol. The first kappa shape index (κ1) is 17.7. The molecule has 2 rings (SSSR count). The minimum Gasteiger partial charge on any atom is -0.493 e. The SMILES string of the molecule is COc1cc(C=O)cc(OC)c1OCCOc1c(C)cccc1C. The number of aldehydes is 1. The Morgan fingerprint density at radius 1 is 0.875 bits per heavy atom. The number of benzene rings is 2. The highest BCUT2D eigenvalue weighted by atomic mass is 16.6. The minimum absolute atomic E-state index is 0.320. The van der Waals surface area contributed by atoms with E-state index < -0.39 is 0 Å². The number of hydrogen-bond donors (Lipinski definition) is 0. The molecule has 0 amide bonds. The molecule has 0 spiro atoms. The van der Waals surface area contributed by atoms with Crippen molar-refractivity contribution in [2.45, 2.75) is 13.8 Å². The molecule has 0 unspecified atom stereocenters. The van der Waals surface area contributed by atoms with E-state index >= 15 is 0 Å². The summed E-state index contributed by atoms with van der Waals surface area (Å²) in [4.78, 5) is 11.0. The van der Waals surface area contributed by atoms with Crippen LogP contribution in [0.15, 0.2) is 30.3 Å². The third-order valence-corrected chi connectivity index (χ3v) is 3.60. The summed E-state index contributed by atoms with van der Waals surface area (Å²) < 4.78 is 22.1. The first-order valence-electron chi connectivity index (χ1n) is 7.63. The van der Waals surface area contributed by atoms with E-state index in [0.29, 0.717) is 36.0 Å². The van der Waals surface area contributed by atoms with Gasteiger partial charge in [0, 0.05) is 5.56 Å². The van der Waals surface area contributed by atoms with E-state index in [0.717, 1.165) is 23.2 Å². The maximum atomic E-state index is 11.0. The number of methoxy groups -OCH3 is 2. The fourth-order valence-corrected chi connectivity index (χ4v) is 2.42. The Hall–Kier alpha value is -2.69. The van der Waals surface area contributed by atoms with Crippen molar-refractivity contribution >= 4 is 6.29 Å². The average Bonchev–Trinajstić information content (AvgIpc) is 2.60. The van der Waals surface area contributed by atoms with Crippen molar-refractivity contribution < 1.29 is 23.7 Å². The number of carbonyl (C=O) groups is 1. The monoisotopic (exact) mass is 330 g/mol. The van der Waals surface area contributed by atoms with Gasteiger partial charge in [-0.25, -0.2) is 0 Å². The highest BCUT2D eigenvalue weighted by Gasteiger charge is 2.14. The summed E-state index contributed by atoms with van der Waals surface area (Å²) in [6, 6.07) is 9.23. The van der Waals surface area contributed by atoms with Gasteiger partial charge in [0.1, 0.15) is 25.2 Å². The molecule has 0 aliphatic rings. The molecular formula is C19H22O5. The molecule has 0 fully saturated rings. The van der Waals surface area contributed by atoms with E-state index in [4.69, 9.17) is 18.9 Å². The molecule has 2 aromatic rings. The van der Waals surface area contributed by atoms with Crippen LogP contribution in [0.5, 0.6) is 23.0 Å². The molecule has 128 valence electrons. The Labute approximate surface area is 142 Å². The molecule has 5 nitrogen and oxygen atoms in total. The number of ether oxygens (including phenoxy) is 4. The van der Waals surface area contributed by atoms with Crippen LogP contribution in [-0.2, 0) is 0 Å². The largest absolute Gasteiger partial charge is 0.493 e. The van der Waals surface area contributed by atoms with Crippen molar-refractivity contribution in [3.05, 3.63) is 47.0 Å². The van der Waals surface area contributed by atoms with Crippen LogP contribution >= 0.6 is 0 Å². The maximum Gasteiger partial charge on any atom is 0.203 e. The summed E-state index contributed by atoms with van der Waals surface area (Å²) in [5.74, 6) is 2.22. The predicted octanol–water partition coefficient (Wildman–Crippen LogP) is 3.59. The van der Waals surface area contributed by atoms with Gasteiger partial charge in [0.05, 0.1) is 14.2 Å². The molecule has 0 aliphatic carbocycles. The highest BCUT2D eigenvalue weighted by Crippen LogP contribution is 2.38. The number of hydrogen-bond acceptors (Lipinski definition) is 5. The first-order valence-corrected chi connectivity index (χ1v) is 7.63. The second-order valence-electron chi connectivity index (χ2n) is 5.29. The van der Waals surface area contributed by atoms with Crippen LogP contribution in [0.2, 0.25) is 0 Å². The Morgan fingerprint density at radius 2 is 1.38 bits per heavy atom. The van der Waals surface area contributed by atoms with Crippen LogP contribution in [0.1, 0.15) is 21.5 Å². The standard InChI is InChI=1S/C19H22O5/c1-13-6-5-7-14(2)18(13)23-8-9-24-19-16(21-3)10-15(12-20)11-17(19)22-4/h5-7,10-12H,8-9H2,1-4H3. The fourth-order valence-electron chi connectivity index (χ4n) is 2.42. The molecule has 0 atom stereocenters. The van der Waals surface area contributed by atoms with Gasteiger partial charge in [-0.2, -0.15) is 0 Å². The van der Waals surface area contributed by atoms with Crippen molar-refractivity contribution in [2.24, 2.45) is 0 Å². The molecule has 2 aromatic carbocycles. The molecule has 0 aliphatic heterocycles. The first-order chi connectivity index (χ1) is 11.6. The van der Waals surface area contributed by atoms with E-state index in [1.54, 1.807) is 12.1 Å². The van der Waals surface area contributed by atoms with E-state index in [9.17, 15) is 4.79 Å². The van der Waals surface area contributed by atoms with E-state index in [2.05, 4.69) is 0 Å². The second-order valence-corrected chi connectivity index (χ2v) is 5.29. The summed E-state index contributed by atoms with van der Waals surface area (Å²) in [7, 11) is 3.03. The van der Waals surface area contributed by atoms with Crippen molar-refractivity contribution in [1.82, 2.24) is 0 Å². The zero-order valence-electron chi connectivity index (χ0n) is 14.4. The van der Waals surface area contributed by atoms with Gasteiger partial charge >= 0.3 is 0 Å². The topological polar surface area (TPSA) is 54.0 Å². The van der Waals surface area contributed by atoms with Crippen molar-refractivity contribution in [3.63, 3.8) is 0 Å². The third-order valence-electron chi connectivity index (χ3n) is 3.60. The van der Waals surface area contributed by atoms with Gasteiger partial charge in [-0.05, 0) is 37.1 Å². The Kier molecular flexibility index (Phi) is 6.07. The Bertz CT molecular complexity index is 664. The quantitative estimate of drug-likeness (QED) is 0.547. The van der Waals surface area contributed by atoms with Gasteiger partial charge in [-0.3, -0.25) is 4.79 Å². The molecule has 0 saturated heterocycles. The zero-order chi connectivity index (χ0) is 17.5. The Morgan fingerprint density at radius 3 is 1.83 bits per heavy atom. The van der Waals surface area contributed by atoms with Crippen molar-refractivity contribution in [1.29, 1.82) is 0 Å². The molecule has 24 heavy (non-hydrogen) atoms. The predicted molar refractivity (Wildman–Crippen MR) is 91.8 cm³/mol. The summed E-state index contributed by atoms with van der Waals surface area (Å²) in [5, 5.41) is 0. The number of rotatable bonds is 8. The molecule has 0 aromatic heterocycles. The average molecular weight is 330 g/mol. The third kappa shape index (κ3) is 3.98. The Balaban J connectivity index is 2.05. The van der Waals surface area contributed by atoms with Crippen LogP contribution in [0.25, 0.3) is 0 Å². The van der Waals surface area contributed by atoms with Gasteiger partial charge in [0.25, 0.3) is 0 Å². The number of carbonyl (C=O) groups excluding carboxylic acids is 1. The highest BCUT2D eigenvalue weighted by molar-refractivity contribution is 5.78. The van der Waals surface area contributed by atoms with Gasteiger partial charge < -0.3 is 18.9 Å². The lowest BCUT2D eigenvalue weighted by Crippen LogP contribution is -2.11. The van der Waals surface area contributed by atoms with Crippen molar-refractivity contribution in [2.75, 3.05) is 27.4 Å². The van der Waals surface area contributed by atoms with Crippen LogP contribution < -0.4 is 18.9 Å². The zero-order valence-corrected chi connectivity index (χ0v) is 14.4. The maximum absolute atomic E-state index is 11.0. The van der Waals surface area contributed by atoms with Gasteiger partial charge in [0.15, 0.2) is 11.5 Å². The van der Waals surface area contributed by atoms with Gasteiger partial charge in [0.2, 0.25) is 5.75 Å². The summed E-state index contributed by atoms with van der Waals surface area (Å²) in [6.07, 6.45) is 0.735. The number of para-hydroxylation sites is 1. The molecule has 0 heterocycles. The van der Waals surface area contributed by atoms with Gasteiger partial charge in [-0.1, -0.05) is 18.2 Å². The van der Waals surface area contributed by atoms with Crippen LogP contribution in [0.3, 0.4) is 0 Å².